The van der Waals surface area contributed by atoms with Crippen LogP contribution < -0.4 is 5.73 Å². The first kappa shape index (κ1) is 19.3. The maximum absolute atomic E-state index is 5.76. The quantitative estimate of drug-likeness (QED) is 0.710. The predicted molar refractivity (Wildman–Crippen MR) is 105 cm³/mol. The molecule has 0 amide bonds. The summed E-state index contributed by atoms with van der Waals surface area (Å²) < 4.78 is 0. The van der Waals surface area contributed by atoms with Crippen LogP contribution in [0, 0.1) is 13.8 Å². The van der Waals surface area contributed by atoms with Gasteiger partial charge in [-0.2, -0.15) is 0 Å². The number of hydrogen-bond acceptors (Lipinski definition) is 6. The summed E-state index contributed by atoms with van der Waals surface area (Å²) in [6, 6.07) is 12.2. The van der Waals surface area contributed by atoms with Crippen molar-refractivity contribution < 1.29 is 0 Å². The highest BCUT2D eigenvalue weighted by molar-refractivity contribution is 7.15. The van der Waals surface area contributed by atoms with E-state index in [1.807, 2.05) is 44.3 Å². The number of nitrogen functional groups attached to an aromatic ring is 1. The number of anilines is 1. The van der Waals surface area contributed by atoms with Crippen LogP contribution in [0.25, 0.3) is 0 Å². The highest BCUT2D eigenvalue weighted by atomic mass is 35.5. The van der Waals surface area contributed by atoms with Gasteiger partial charge in [0.05, 0.1) is 11.4 Å². The van der Waals surface area contributed by atoms with E-state index < -0.39 is 0 Å². The molecule has 0 unspecified atom stereocenters. The van der Waals surface area contributed by atoms with E-state index in [1.54, 1.807) is 0 Å². The first-order chi connectivity index (χ1) is 11.6. The summed E-state index contributed by atoms with van der Waals surface area (Å²) in [5.74, 6) is 0. The lowest BCUT2D eigenvalue weighted by molar-refractivity contribution is 0.243. The average Bonchev–Trinajstić information content (AvgIpc) is 2.92. The molecule has 0 bridgehead atoms. The van der Waals surface area contributed by atoms with Crippen LogP contribution >= 0.6 is 23.7 Å². The van der Waals surface area contributed by atoms with Crippen LogP contribution in [0.1, 0.15) is 27.7 Å². The van der Waals surface area contributed by atoms with Crippen molar-refractivity contribution in [3.63, 3.8) is 0 Å². The Hall–Kier alpha value is -2.02. The van der Waals surface area contributed by atoms with E-state index in [2.05, 4.69) is 32.0 Å². The topological polar surface area (TPSA) is 67.9 Å². The van der Waals surface area contributed by atoms with Crippen molar-refractivity contribution in [3.8, 4) is 0 Å². The summed E-state index contributed by atoms with van der Waals surface area (Å²) >= 11 is 1.53. The molecule has 3 aromatic heterocycles. The second kappa shape index (κ2) is 8.89. The monoisotopic (exact) mass is 375 g/mol. The molecule has 0 aliphatic carbocycles. The molecule has 0 spiro atoms. The van der Waals surface area contributed by atoms with Gasteiger partial charge < -0.3 is 5.73 Å². The summed E-state index contributed by atoms with van der Waals surface area (Å²) in [6.45, 7) is 6.32. The van der Waals surface area contributed by atoms with Crippen molar-refractivity contribution in [1.29, 1.82) is 0 Å². The number of halogens is 1. The van der Waals surface area contributed by atoms with Crippen LogP contribution in [0.15, 0.2) is 42.6 Å². The summed E-state index contributed by atoms with van der Waals surface area (Å²) in [6.07, 6.45) is 1.85. The van der Waals surface area contributed by atoms with Crippen LogP contribution in [-0.4, -0.2) is 19.9 Å². The van der Waals surface area contributed by atoms with Gasteiger partial charge in [0, 0.05) is 42.1 Å². The van der Waals surface area contributed by atoms with Gasteiger partial charge in [-0.15, -0.1) is 23.7 Å². The van der Waals surface area contributed by atoms with Gasteiger partial charge in [-0.3, -0.25) is 14.9 Å². The maximum atomic E-state index is 5.76. The standard InChI is InChI=1S/C18H21N5S.ClH/c1-13-5-3-7-15(21-13)10-23(12-17-9-20-18(19)24-17)11-16-8-4-6-14(2)22-16;/h3-9H,10-12H2,1-2H3,(H2,19,20);1H. The molecule has 3 aromatic rings. The molecule has 25 heavy (non-hydrogen) atoms. The summed E-state index contributed by atoms with van der Waals surface area (Å²) in [4.78, 5) is 16.9. The Morgan fingerprint density at radius 3 is 1.92 bits per heavy atom. The van der Waals surface area contributed by atoms with E-state index in [4.69, 9.17) is 5.73 Å². The zero-order chi connectivity index (χ0) is 16.9. The van der Waals surface area contributed by atoms with Gasteiger partial charge in [-0.1, -0.05) is 12.1 Å². The smallest absolute Gasteiger partial charge is 0.180 e. The Bertz CT molecular complexity index is 773. The third-order valence-electron chi connectivity index (χ3n) is 3.61. The molecule has 0 aliphatic heterocycles. The second-order valence-electron chi connectivity index (χ2n) is 5.85. The molecule has 0 radical (unpaired) electrons. The predicted octanol–water partition coefficient (Wildman–Crippen LogP) is 3.76. The second-order valence-corrected chi connectivity index (χ2v) is 7.00. The zero-order valence-corrected chi connectivity index (χ0v) is 16.0. The Morgan fingerprint density at radius 2 is 1.48 bits per heavy atom. The van der Waals surface area contributed by atoms with Crippen molar-refractivity contribution in [1.82, 2.24) is 19.9 Å². The van der Waals surface area contributed by atoms with Gasteiger partial charge >= 0.3 is 0 Å². The number of thiazole rings is 1. The number of aromatic nitrogens is 3. The minimum absolute atomic E-state index is 0. The number of nitrogens with two attached hydrogens (primary N) is 1. The molecule has 0 aliphatic rings. The Balaban J connectivity index is 0.00000225. The van der Waals surface area contributed by atoms with Gasteiger partial charge in [-0.05, 0) is 38.1 Å². The van der Waals surface area contributed by atoms with Crippen molar-refractivity contribution in [2.45, 2.75) is 33.5 Å². The largest absolute Gasteiger partial charge is 0.375 e. The highest BCUT2D eigenvalue weighted by Gasteiger charge is 2.12. The van der Waals surface area contributed by atoms with Crippen molar-refractivity contribution in [3.05, 3.63) is 70.2 Å². The molecule has 0 saturated carbocycles. The van der Waals surface area contributed by atoms with Crippen LogP contribution in [0.2, 0.25) is 0 Å². The van der Waals surface area contributed by atoms with Crippen LogP contribution in [0.3, 0.4) is 0 Å². The number of hydrogen-bond donors (Lipinski definition) is 1. The normalized spacial score (nSPS) is 10.7. The molecule has 0 aromatic carbocycles. The first-order valence-corrected chi connectivity index (χ1v) is 8.68. The van der Waals surface area contributed by atoms with Crippen molar-refractivity contribution in [2.75, 3.05) is 5.73 Å². The lowest BCUT2D eigenvalue weighted by atomic mass is 10.2. The third-order valence-corrected chi connectivity index (χ3v) is 4.43. The lowest BCUT2D eigenvalue weighted by Gasteiger charge is -2.21. The number of pyridine rings is 2. The number of nitrogens with zero attached hydrogens (tertiary/aromatic N) is 4. The van der Waals surface area contributed by atoms with Gasteiger partial charge in [0.2, 0.25) is 0 Å². The molecule has 2 N–H and O–H groups in total. The molecule has 0 atom stereocenters. The molecule has 3 rings (SSSR count). The Morgan fingerprint density at radius 1 is 0.920 bits per heavy atom. The third kappa shape index (κ3) is 5.77. The minimum Gasteiger partial charge on any atom is -0.375 e. The van der Waals surface area contributed by atoms with Crippen LogP contribution in [-0.2, 0) is 19.6 Å². The average molecular weight is 376 g/mol. The summed E-state index contributed by atoms with van der Waals surface area (Å²) in [7, 11) is 0. The fourth-order valence-electron chi connectivity index (χ4n) is 2.62. The molecule has 0 fully saturated rings. The minimum atomic E-state index is 0. The Kier molecular flexibility index (Phi) is 6.87. The molecule has 132 valence electrons. The van der Waals surface area contributed by atoms with Crippen molar-refractivity contribution >= 4 is 28.9 Å². The van der Waals surface area contributed by atoms with E-state index >= 15 is 0 Å². The van der Waals surface area contributed by atoms with Crippen LogP contribution in [0.4, 0.5) is 5.13 Å². The molecule has 7 heteroatoms. The van der Waals surface area contributed by atoms with E-state index in [-0.39, 0.29) is 12.4 Å². The van der Waals surface area contributed by atoms with E-state index in [1.165, 1.54) is 11.3 Å². The molecule has 5 nitrogen and oxygen atoms in total. The fourth-order valence-corrected chi connectivity index (χ4v) is 3.34. The number of rotatable bonds is 6. The fraction of sp³-hybridized carbons (Fsp3) is 0.278. The molecular formula is C18H22ClN5S. The van der Waals surface area contributed by atoms with Gasteiger partial charge in [0.15, 0.2) is 5.13 Å². The Labute approximate surface area is 158 Å². The van der Waals surface area contributed by atoms with Gasteiger partial charge in [0.25, 0.3) is 0 Å². The van der Waals surface area contributed by atoms with Crippen molar-refractivity contribution in [2.24, 2.45) is 0 Å². The first-order valence-electron chi connectivity index (χ1n) is 7.86. The molecule has 0 saturated heterocycles. The highest BCUT2D eigenvalue weighted by Crippen LogP contribution is 2.19. The summed E-state index contributed by atoms with van der Waals surface area (Å²) in [5, 5.41) is 0.604. The van der Waals surface area contributed by atoms with E-state index in [0.29, 0.717) is 5.13 Å². The maximum Gasteiger partial charge on any atom is 0.180 e. The molecular weight excluding hydrogens is 354 g/mol. The van der Waals surface area contributed by atoms with E-state index in [0.717, 1.165) is 47.3 Å². The van der Waals surface area contributed by atoms with Gasteiger partial charge in [-0.25, -0.2) is 4.98 Å². The lowest BCUT2D eigenvalue weighted by Crippen LogP contribution is -2.23. The molecule has 3 heterocycles. The van der Waals surface area contributed by atoms with Gasteiger partial charge in [0.1, 0.15) is 0 Å². The zero-order valence-electron chi connectivity index (χ0n) is 14.3. The number of aryl methyl sites for hydroxylation is 2. The SMILES string of the molecule is Cc1cccc(CN(Cc2cccc(C)n2)Cc2cnc(N)s2)n1.Cl. The van der Waals surface area contributed by atoms with E-state index in [9.17, 15) is 0 Å². The van der Waals surface area contributed by atoms with Crippen LogP contribution in [0.5, 0.6) is 0 Å². The summed E-state index contributed by atoms with van der Waals surface area (Å²) in [5.41, 5.74) is 9.94.